The van der Waals surface area contributed by atoms with Crippen LogP contribution in [-0.2, 0) is 4.79 Å². The molecule has 1 aromatic carbocycles. The van der Waals surface area contributed by atoms with E-state index in [0.717, 1.165) is 31.0 Å². The van der Waals surface area contributed by atoms with Crippen LogP contribution in [-0.4, -0.2) is 27.4 Å². The lowest BCUT2D eigenvalue weighted by molar-refractivity contribution is -0.120. The van der Waals surface area contributed by atoms with Crippen LogP contribution in [0.25, 0.3) is 0 Å². The fourth-order valence-corrected chi connectivity index (χ4v) is 3.63. The van der Waals surface area contributed by atoms with Gasteiger partial charge in [-0.1, -0.05) is 31.0 Å². The number of carbonyl (C=O) groups excluding carboxylic acids is 1. The number of benzene rings is 1. The molecule has 0 spiro atoms. The molecule has 0 unspecified atom stereocenters. The molecule has 2 aromatic rings. The maximum Gasteiger partial charge on any atom is 0.277 e. The standard InChI is InChI=1S/C19H21FN4O3S/c1-13(26-15-7-5-14(20)6-8-15)17-23-24-18(27-17)28-11-16(25)22-19(12-21)9-3-2-4-10-19/h5-8,13H,2-4,9-11H2,1H3,(H,22,25)/t13-/m1/s1. The van der Waals surface area contributed by atoms with Crippen LogP contribution in [0.4, 0.5) is 4.39 Å². The zero-order chi connectivity index (χ0) is 20.0. The molecule has 9 heteroatoms. The summed E-state index contributed by atoms with van der Waals surface area (Å²) in [6.07, 6.45) is 3.83. The summed E-state index contributed by atoms with van der Waals surface area (Å²) in [6.45, 7) is 1.73. The summed E-state index contributed by atoms with van der Waals surface area (Å²) in [5, 5.41) is 20.4. The van der Waals surface area contributed by atoms with Crippen LogP contribution in [0.5, 0.6) is 5.75 Å². The summed E-state index contributed by atoms with van der Waals surface area (Å²) in [6, 6.07) is 7.89. The molecule has 0 aliphatic heterocycles. The van der Waals surface area contributed by atoms with Crippen molar-refractivity contribution in [2.75, 3.05) is 5.75 Å². The number of hydrogen-bond donors (Lipinski definition) is 1. The number of nitriles is 1. The van der Waals surface area contributed by atoms with Gasteiger partial charge in [0.25, 0.3) is 11.1 Å². The molecule has 1 aromatic heterocycles. The molecule has 7 nitrogen and oxygen atoms in total. The zero-order valence-corrected chi connectivity index (χ0v) is 16.3. The van der Waals surface area contributed by atoms with E-state index in [4.69, 9.17) is 9.15 Å². The minimum Gasteiger partial charge on any atom is -0.481 e. The van der Waals surface area contributed by atoms with Crippen LogP contribution in [0.3, 0.4) is 0 Å². The third-order valence-electron chi connectivity index (χ3n) is 4.52. The van der Waals surface area contributed by atoms with E-state index >= 15 is 0 Å². The van der Waals surface area contributed by atoms with Gasteiger partial charge in [0, 0.05) is 0 Å². The Labute approximate surface area is 166 Å². The number of halogens is 1. The molecule has 1 fully saturated rings. The van der Waals surface area contributed by atoms with Crippen molar-refractivity contribution in [1.82, 2.24) is 15.5 Å². The third-order valence-corrected chi connectivity index (χ3v) is 5.34. The Hall–Kier alpha value is -2.60. The number of amides is 1. The van der Waals surface area contributed by atoms with E-state index in [1.54, 1.807) is 6.92 Å². The predicted molar refractivity (Wildman–Crippen MR) is 100 cm³/mol. The minimum atomic E-state index is -0.757. The summed E-state index contributed by atoms with van der Waals surface area (Å²) in [7, 11) is 0. The molecule has 148 valence electrons. The number of ether oxygens (including phenoxy) is 1. The zero-order valence-electron chi connectivity index (χ0n) is 15.5. The highest BCUT2D eigenvalue weighted by atomic mass is 32.2. The number of carbonyl (C=O) groups is 1. The average Bonchev–Trinajstić information content (AvgIpc) is 3.18. The van der Waals surface area contributed by atoms with E-state index in [1.807, 2.05) is 0 Å². The van der Waals surface area contributed by atoms with Gasteiger partial charge in [0.05, 0.1) is 11.8 Å². The van der Waals surface area contributed by atoms with Crippen LogP contribution in [0.1, 0.15) is 51.0 Å². The number of nitrogens with one attached hydrogen (secondary N) is 1. The monoisotopic (exact) mass is 404 g/mol. The van der Waals surface area contributed by atoms with Crippen molar-refractivity contribution in [3.63, 3.8) is 0 Å². The molecule has 3 rings (SSSR count). The van der Waals surface area contributed by atoms with Crippen molar-refractivity contribution < 1.29 is 18.3 Å². The van der Waals surface area contributed by atoms with Gasteiger partial charge in [0.15, 0.2) is 6.10 Å². The SMILES string of the molecule is C[C@@H](Oc1ccc(F)cc1)c1nnc(SCC(=O)NC2(C#N)CCCCC2)o1. The Morgan fingerprint density at radius 1 is 1.36 bits per heavy atom. The second-order valence-corrected chi connectivity index (χ2v) is 7.64. The molecular weight excluding hydrogens is 383 g/mol. The highest BCUT2D eigenvalue weighted by Crippen LogP contribution is 2.28. The molecule has 1 aliphatic rings. The Kier molecular flexibility index (Phi) is 6.52. The lowest BCUT2D eigenvalue weighted by Gasteiger charge is -2.31. The van der Waals surface area contributed by atoms with Crippen LogP contribution in [0.2, 0.25) is 0 Å². The Bertz CT molecular complexity index is 844. The second kappa shape index (κ2) is 9.06. The van der Waals surface area contributed by atoms with Crippen molar-refractivity contribution in [3.05, 3.63) is 36.0 Å². The highest BCUT2D eigenvalue weighted by Gasteiger charge is 2.33. The maximum atomic E-state index is 12.9. The van der Waals surface area contributed by atoms with E-state index < -0.39 is 11.6 Å². The van der Waals surface area contributed by atoms with Crippen molar-refractivity contribution >= 4 is 17.7 Å². The van der Waals surface area contributed by atoms with Crippen LogP contribution < -0.4 is 10.1 Å². The van der Waals surface area contributed by atoms with Gasteiger partial charge in [-0.2, -0.15) is 5.26 Å². The van der Waals surface area contributed by atoms with Gasteiger partial charge in [0.1, 0.15) is 17.1 Å². The molecular formula is C19H21FN4O3S. The molecule has 0 radical (unpaired) electrons. The van der Waals surface area contributed by atoms with E-state index in [1.165, 1.54) is 24.3 Å². The van der Waals surface area contributed by atoms with Crippen molar-refractivity contribution in [2.45, 2.75) is 55.9 Å². The molecule has 1 aliphatic carbocycles. The molecule has 1 atom stereocenters. The molecule has 1 saturated carbocycles. The lowest BCUT2D eigenvalue weighted by Crippen LogP contribution is -2.49. The average molecular weight is 404 g/mol. The fourth-order valence-electron chi connectivity index (χ4n) is 3.06. The van der Waals surface area contributed by atoms with Crippen molar-refractivity contribution in [3.8, 4) is 11.8 Å². The van der Waals surface area contributed by atoms with E-state index in [0.29, 0.717) is 18.6 Å². The molecule has 1 heterocycles. The normalized spacial score (nSPS) is 16.8. The van der Waals surface area contributed by atoms with Gasteiger partial charge in [-0.3, -0.25) is 4.79 Å². The first-order chi connectivity index (χ1) is 13.5. The van der Waals surface area contributed by atoms with Gasteiger partial charge in [-0.25, -0.2) is 4.39 Å². The lowest BCUT2D eigenvalue weighted by atomic mass is 9.83. The van der Waals surface area contributed by atoms with Crippen LogP contribution in [0.15, 0.2) is 33.9 Å². The number of thioether (sulfide) groups is 1. The Morgan fingerprint density at radius 2 is 2.07 bits per heavy atom. The minimum absolute atomic E-state index is 0.0816. The number of nitrogens with zero attached hydrogens (tertiary/aromatic N) is 3. The summed E-state index contributed by atoms with van der Waals surface area (Å²) in [5.74, 6) is 0.242. The number of hydrogen-bond acceptors (Lipinski definition) is 7. The van der Waals surface area contributed by atoms with Gasteiger partial charge >= 0.3 is 0 Å². The topological polar surface area (TPSA) is 101 Å². The smallest absolute Gasteiger partial charge is 0.277 e. The largest absolute Gasteiger partial charge is 0.481 e. The molecule has 0 bridgehead atoms. The first kappa shape index (κ1) is 20.1. The maximum absolute atomic E-state index is 12.9. The van der Waals surface area contributed by atoms with Crippen LogP contribution >= 0.6 is 11.8 Å². The second-order valence-electron chi connectivity index (χ2n) is 6.71. The van der Waals surface area contributed by atoms with E-state index in [-0.39, 0.29) is 28.6 Å². The van der Waals surface area contributed by atoms with Gasteiger partial charge in [0.2, 0.25) is 5.91 Å². The first-order valence-electron chi connectivity index (χ1n) is 9.10. The van der Waals surface area contributed by atoms with E-state index in [9.17, 15) is 14.4 Å². The van der Waals surface area contributed by atoms with Crippen molar-refractivity contribution in [2.24, 2.45) is 0 Å². The van der Waals surface area contributed by atoms with Gasteiger partial charge < -0.3 is 14.5 Å². The molecule has 1 N–H and O–H groups in total. The fraction of sp³-hybridized carbons (Fsp3) is 0.474. The molecule has 0 saturated heterocycles. The predicted octanol–water partition coefficient (Wildman–Crippen LogP) is 3.78. The van der Waals surface area contributed by atoms with Gasteiger partial charge in [-0.05, 0) is 44.0 Å². The summed E-state index contributed by atoms with van der Waals surface area (Å²) in [5.41, 5.74) is -0.757. The number of rotatable bonds is 7. The first-order valence-corrected chi connectivity index (χ1v) is 10.1. The summed E-state index contributed by atoms with van der Waals surface area (Å²) in [4.78, 5) is 12.2. The third kappa shape index (κ3) is 5.23. The Morgan fingerprint density at radius 3 is 2.75 bits per heavy atom. The summed E-state index contributed by atoms with van der Waals surface area (Å²) < 4.78 is 24.1. The van der Waals surface area contributed by atoms with Crippen LogP contribution in [0, 0.1) is 17.1 Å². The van der Waals surface area contributed by atoms with Gasteiger partial charge in [-0.15, -0.1) is 10.2 Å². The Balaban J connectivity index is 1.50. The molecule has 28 heavy (non-hydrogen) atoms. The molecule has 1 amide bonds. The summed E-state index contributed by atoms with van der Waals surface area (Å²) >= 11 is 1.11. The highest BCUT2D eigenvalue weighted by molar-refractivity contribution is 7.99. The van der Waals surface area contributed by atoms with E-state index in [2.05, 4.69) is 21.6 Å². The quantitative estimate of drug-likeness (QED) is 0.701. The van der Waals surface area contributed by atoms with Crippen molar-refractivity contribution in [1.29, 1.82) is 5.26 Å². The number of aromatic nitrogens is 2.